The molecule has 1 aliphatic heterocycles. The van der Waals surface area contributed by atoms with E-state index in [-0.39, 0.29) is 0 Å². The second-order valence-electron chi connectivity index (χ2n) is 6.13. The lowest BCUT2D eigenvalue weighted by Crippen LogP contribution is -2.42. The van der Waals surface area contributed by atoms with Crippen molar-refractivity contribution >= 4 is 0 Å². The summed E-state index contributed by atoms with van der Waals surface area (Å²) in [5.74, 6) is 0.705. The Labute approximate surface area is 116 Å². The summed E-state index contributed by atoms with van der Waals surface area (Å²) >= 11 is 0. The SMILES string of the molecule is COCCC1CCC2(CCNCC2)c2ccccc21. The third-order valence-electron chi connectivity index (χ3n) is 5.17. The first-order valence-corrected chi connectivity index (χ1v) is 7.65. The largest absolute Gasteiger partial charge is 0.385 e. The van der Waals surface area contributed by atoms with Gasteiger partial charge in [0.1, 0.15) is 0 Å². The maximum atomic E-state index is 5.29. The van der Waals surface area contributed by atoms with E-state index >= 15 is 0 Å². The van der Waals surface area contributed by atoms with E-state index < -0.39 is 0 Å². The van der Waals surface area contributed by atoms with Crippen molar-refractivity contribution in [3.8, 4) is 0 Å². The van der Waals surface area contributed by atoms with Crippen LogP contribution in [0.5, 0.6) is 0 Å². The van der Waals surface area contributed by atoms with Crippen LogP contribution in [-0.2, 0) is 10.2 Å². The van der Waals surface area contributed by atoms with Gasteiger partial charge in [-0.25, -0.2) is 0 Å². The Kier molecular flexibility index (Phi) is 3.90. The van der Waals surface area contributed by atoms with Gasteiger partial charge < -0.3 is 10.1 Å². The first kappa shape index (κ1) is 13.1. The molecule has 1 N–H and O–H groups in total. The Morgan fingerprint density at radius 3 is 2.79 bits per heavy atom. The number of benzene rings is 1. The molecule has 1 fully saturated rings. The molecule has 0 amide bonds. The summed E-state index contributed by atoms with van der Waals surface area (Å²) < 4.78 is 5.29. The highest BCUT2D eigenvalue weighted by Gasteiger charge is 2.39. The van der Waals surface area contributed by atoms with E-state index in [9.17, 15) is 0 Å². The van der Waals surface area contributed by atoms with Crippen molar-refractivity contribution in [1.82, 2.24) is 5.32 Å². The van der Waals surface area contributed by atoms with Gasteiger partial charge in [0.05, 0.1) is 0 Å². The molecule has 19 heavy (non-hydrogen) atoms. The molecule has 0 aromatic heterocycles. The van der Waals surface area contributed by atoms with Crippen molar-refractivity contribution < 1.29 is 4.74 Å². The van der Waals surface area contributed by atoms with Gasteiger partial charge in [-0.2, -0.15) is 0 Å². The smallest absolute Gasteiger partial charge is 0.0468 e. The predicted molar refractivity (Wildman–Crippen MR) is 78.7 cm³/mol. The molecule has 1 heterocycles. The normalized spacial score (nSPS) is 25.2. The van der Waals surface area contributed by atoms with Gasteiger partial charge in [-0.05, 0) is 67.7 Å². The van der Waals surface area contributed by atoms with E-state index in [4.69, 9.17) is 4.74 Å². The highest BCUT2D eigenvalue weighted by atomic mass is 16.5. The first-order chi connectivity index (χ1) is 9.36. The summed E-state index contributed by atoms with van der Waals surface area (Å²) in [6.07, 6.45) is 6.48. The summed E-state index contributed by atoms with van der Waals surface area (Å²) in [5, 5.41) is 3.51. The lowest BCUT2D eigenvalue weighted by atomic mass is 9.62. The van der Waals surface area contributed by atoms with E-state index in [1.54, 1.807) is 11.1 Å². The monoisotopic (exact) mass is 259 g/mol. The molecule has 2 nitrogen and oxygen atoms in total. The van der Waals surface area contributed by atoms with Crippen LogP contribution in [0.15, 0.2) is 24.3 Å². The maximum absolute atomic E-state index is 5.29. The lowest BCUT2D eigenvalue weighted by Gasteiger charge is -2.45. The van der Waals surface area contributed by atoms with Crippen molar-refractivity contribution in [2.75, 3.05) is 26.8 Å². The molecular formula is C17H25NO. The Bertz CT molecular complexity index is 423. The Hall–Kier alpha value is -0.860. The molecule has 1 aliphatic carbocycles. The van der Waals surface area contributed by atoms with Gasteiger partial charge in [-0.15, -0.1) is 0 Å². The molecule has 1 saturated heterocycles. The van der Waals surface area contributed by atoms with Crippen molar-refractivity contribution in [3.05, 3.63) is 35.4 Å². The minimum Gasteiger partial charge on any atom is -0.385 e. The molecule has 1 aromatic carbocycles. The van der Waals surface area contributed by atoms with Gasteiger partial charge >= 0.3 is 0 Å². The molecule has 0 bridgehead atoms. The first-order valence-electron chi connectivity index (χ1n) is 7.65. The zero-order valence-corrected chi connectivity index (χ0v) is 12.0. The summed E-state index contributed by atoms with van der Waals surface area (Å²) in [6.45, 7) is 3.24. The van der Waals surface area contributed by atoms with Crippen LogP contribution in [0.3, 0.4) is 0 Å². The Balaban J connectivity index is 1.91. The van der Waals surface area contributed by atoms with Gasteiger partial charge in [0.25, 0.3) is 0 Å². The molecule has 0 radical (unpaired) electrons. The third kappa shape index (κ3) is 2.44. The van der Waals surface area contributed by atoms with E-state index in [0.717, 1.165) is 6.61 Å². The highest BCUT2D eigenvalue weighted by Crippen LogP contribution is 2.48. The third-order valence-corrected chi connectivity index (χ3v) is 5.17. The minimum absolute atomic E-state index is 0.464. The molecular weight excluding hydrogens is 234 g/mol. The average Bonchev–Trinajstić information content (AvgIpc) is 2.48. The minimum atomic E-state index is 0.464. The van der Waals surface area contributed by atoms with Crippen molar-refractivity contribution in [2.45, 2.75) is 43.4 Å². The number of hydrogen-bond acceptors (Lipinski definition) is 2. The fraction of sp³-hybridized carbons (Fsp3) is 0.647. The molecule has 3 rings (SSSR count). The second kappa shape index (κ2) is 5.64. The highest BCUT2D eigenvalue weighted by molar-refractivity contribution is 5.40. The Morgan fingerprint density at radius 1 is 1.21 bits per heavy atom. The van der Waals surface area contributed by atoms with Crippen molar-refractivity contribution in [3.63, 3.8) is 0 Å². The summed E-state index contributed by atoms with van der Waals surface area (Å²) in [7, 11) is 1.81. The lowest BCUT2D eigenvalue weighted by molar-refractivity contribution is 0.177. The van der Waals surface area contributed by atoms with Gasteiger partial charge in [-0.1, -0.05) is 24.3 Å². The fourth-order valence-corrected chi connectivity index (χ4v) is 4.06. The number of rotatable bonds is 3. The quantitative estimate of drug-likeness (QED) is 0.900. The molecule has 1 aromatic rings. The molecule has 1 atom stereocenters. The molecule has 2 heteroatoms. The Morgan fingerprint density at radius 2 is 2.00 bits per heavy atom. The number of ether oxygens (including phenoxy) is 1. The van der Waals surface area contributed by atoms with Crippen LogP contribution >= 0.6 is 0 Å². The predicted octanol–water partition coefficient (Wildman–Crippen LogP) is 3.22. The van der Waals surface area contributed by atoms with Crippen molar-refractivity contribution in [1.29, 1.82) is 0 Å². The molecule has 2 aliphatic rings. The van der Waals surface area contributed by atoms with E-state index in [1.807, 2.05) is 7.11 Å². The number of hydrogen-bond donors (Lipinski definition) is 1. The molecule has 1 spiro atoms. The summed E-state index contributed by atoms with van der Waals surface area (Å²) in [5.41, 5.74) is 3.71. The van der Waals surface area contributed by atoms with Crippen LogP contribution in [0.1, 0.15) is 49.1 Å². The molecule has 0 saturated carbocycles. The van der Waals surface area contributed by atoms with Crippen LogP contribution < -0.4 is 5.32 Å². The number of nitrogens with one attached hydrogen (secondary N) is 1. The zero-order chi connectivity index (χ0) is 13.1. The fourth-order valence-electron chi connectivity index (χ4n) is 4.06. The average molecular weight is 259 g/mol. The number of fused-ring (bicyclic) bond motifs is 2. The number of piperidine rings is 1. The zero-order valence-electron chi connectivity index (χ0n) is 12.0. The van der Waals surface area contributed by atoms with Crippen LogP contribution in [0.4, 0.5) is 0 Å². The van der Waals surface area contributed by atoms with Gasteiger partial charge in [-0.3, -0.25) is 0 Å². The maximum Gasteiger partial charge on any atom is 0.0468 e. The molecule has 1 unspecified atom stereocenters. The van der Waals surface area contributed by atoms with E-state index in [2.05, 4.69) is 29.6 Å². The van der Waals surface area contributed by atoms with Crippen molar-refractivity contribution in [2.24, 2.45) is 0 Å². The van der Waals surface area contributed by atoms with E-state index in [0.29, 0.717) is 11.3 Å². The van der Waals surface area contributed by atoms with Gasteiger partial charge in [0, 0.05) is 13.7 Å². The van der Waals surface area contributed by atoms with Crippen LogP contribution in [-0.4, -0.2) is 26.8 Å². The van der Waals surface area contributed by atoms with Gasteiger partial charge in [0.15, 0.2) is 0 Å². The van der Waals surface area contributed by atoms with E-state index in [1.165, 1.54) is 45.2 Å². The second-order valence-corrected chi connectivity index (χ2v) is 6.13. The standard InChI is InChI=1S/C17H25NO/c1-19-13-7-14-6-8-17(9-11-18-12-10-17)16-5-3-2-4-15(14)16/h2-5,14,18H,6-13H2,1H3. The van der Waals surface area contributed by atoms with Crippen LogP contribution in [0.2, 0.25) is 0 Å². The van der Waals surface area contributed by atoms with Gasteiger partial charge in [0.2, 0.25) is 0 Å². The van der Waals surface area contributed by atoms with Crippen LogP contribution in [0, 0.1) is 0 Å². The summed E-state index contributed by atoms with van der Waals surface area (Å²) in [6, 6.07) is 9.18. The van der Waals surface area contributed by atoms with Crippen LogP contribution in [0.25, 0.3) is 0 Å². The topological polar surface area (TPSA) is 21.3 Å². The summed E-state index contributed by atoms with van der Waals surface area (Å²) in [4.78, 5) is 0. The molecule has 104 valence electrons. The number of methoxy groups -OCH3 is 1.